The number of piperidine rings is 1. The maximum absolute atomic E-state index is 13.2. The Hall–Kier alpha value is -2.62. The molecule has 0 spiro atoms. The van der Waals surface area contributed by atoms with Gasteiger partial charge < -0.3 is 19.8 Å². The van der Waals surface area contributed by atoms with Crippen molar-refractivity contribution in [3.05, 3.63) is 41.7 Å². The van der Waals surface area contributed by atoms with Gasteiger partial charge in [0.25, 0.3) is 0 Å². The number of nitrogens with zero attached hydrogens (tertiary/aromatic N) is 1. The summed E-state index contributed by atoms with van der Waals surface area (Å²) >= 11 is 0. The van der Waals surface area contributed by atoms with Crippen molar-refractivity contribution in [1.29, 1.82) is 0 Å². The Labute approximate surface area is 164 Å². The van der Waals surface area contributed by atoms with E-state index in [1.54, 1.807) is 0 Å². The van der Waals surface area contributed by atoms with Gasteiger partial charge in [0.05, 0.1) is 5.56 Å². The summed E-state index contributed by atoms with van der Waals surface area (Å²) in [5, 5.41) is 15.6. The third-order valence-electron chi connectivity index (χ3n) is 4.97. The second kappa shape index (κ2) is 9.25. The van der Waals surface area contributed by atoms with Gasteiger partial charge in [-0.2, -0.15) is 13.2 Å². The number of halogens is 4. The first-order valence-corrected chi connectivity index (χ1v) is 8.86. The molecule has 0 aliphatic carbocycles. The predicted molar refractivity (Wildman–Crippen MR) is 94.0 cm³/mol. The van der Waals surface area contributed by atoms with Crippen LogP contribution in [0.2, 0.25) is 0 Å². The van der Waals surface area contributed by atoms with Crippen molar-refractivity contribution in [3.8, 4) is 5.75 Å². The van der Waals surface area contributed by atoms with E-state index in [9.17, 15) is 27.2 Å². The summed E-state index contributed by atoms with van der Waals surface area (Å²) in [5.41, 5.74) is -1.27. The summed E-state index contributed by atoms with van der Waals surface area (Å²) in [5.74, 6) is -3.68. The van der Waals surface area contributed by atoms with Crippen molar-refractivity contribution in [2.75, 3.05) is 7.05 Å². The first-order chi connectivity index (χ1) is 13.5. The largest absolute Gasteiger partial charge is 0.490 e. The van der Waals surface area contributed by atoms with Crippen LogP contribution >= 0.6 is 0 Å². The van der Waals surface area contributed by atoms with Crippen LogP contribution in [0.3, 0.4) is 0 Å². The Morgan fingerprint density at radius 1 is 1.10 bits per heavy atom. The molecule has 10 heteroatoms. The molecule has 1 aromatic rings. The van der Waals surface area contributed by atoms with Gasteiger partial charge in [0, 0.05) is 24.2 Å². The van der Waals surface area contributed by atoms with E-state index in [4.69, 9.17) is 14.9 Å². The van der Waals surface area contributed by atoms with Crippen LogP contribution in [-0.2, 0) is 15.8 Å². The fraction of sp³-hybridized carbons (Fsp3) is 0.474. The molecule has 2 fully saturated rings. The summed E-state index contributed by atoms with van der Waals surface area (Å²) in [6.45, 7) is 0. The van der Waals surface area contributed by atoms with E-state index in [-0.39, 0.29) is 11.9 Å². The number of aliphatic carboxylic acids is 2. The van der Waals surface area contributed by atoms with Crippen molar-refractivity contribution in [2.24, 2.45) is 0 Å². The second-order valence-corrected chi connectivity index (χ2v) is 6.91. The number of carboxylic acid groups (broad SMARTS) is 2. The zero-order valence-electron chi connectivity index (χ0n) is 15.5. The van der Waals surface area contributed by atoms with E-state index in [1.165, 1.54) is 6.07 Å². The monoisotopic (exact) mass is 419 g/mol. The number of rotatable bonds is 4. The van der Waals surface area contributed by atoms with Crippen molar-refractivity contribution in [1.82, 2.24) is 4.90 Å². The average molecular weight is 419 g/mol. The highest BCUT2D eigenvalue weighted by Crippen LogP contribution is 2.37. The smallest absolute Gasteiger partial charge is 0.419 e. The zero-order chi connectivity index (χ0) is 21.8. The van der Waals surface area contributed by atoms with Gasteiger partial charge in [-0.05, 0) is 50.9 Å². The van der Waals surface area contributed by atoms with Gasteiger partial charge in [0.15, 0.2) is 0 Å². The Bertz CT molecular complexity index is 750. The Morgan fingerprint density at radius 3 is 2.07 bits per heavy atom. The van der Waals surface area contributed by atoms with Gasteiger partial charge >= 0.3 is 18.1 Å². The molecule has 6 nitrogen and oxygen atoms in total. The average Bonchev–Trinajstić information content (AvgIpc) is 2.82. The number of benzene rings is 1. The molecule has 2 aliphatic rings. The lowest BCUT2D eigenvalue weighted by Crippen LogP contribution is -2.43. The van der Waals surface area contributed by atoms with E-state index >= 15 is 0 Å². The first kappa shape index (κ1) is 22.7. The van der Waals surface area contributed by atoms with Crippen LogP contribution in [0.25, 0.3) is 0 Å². The number of alkyl halides is 3. The molecule has 2 saturated heterocycles. The van der Waals surface area contributed by atoms with Crippen LogP contribution < -0.4 is 4.74 Å². The van der Waals surface area contributed by atoms with E-state index in [1.807, 2.05) is 0 Å². The molecule has 2 atom stereocenters. The normalized spacial score (nSPS) is 24.1. The third kappa shape index (κ3) is 6.45. The van der Waals surface area contributed by atoms with E-state index in [0.717, 1.165) is 37.8 Å². The fourth-order valence-corrected chi connectivity index (χ4v) is 3.59. The number of hydrogen-bond acceptors (Lipinski definition) is 4. The summed E-state index contributed by atoms with van der Waals surface area (Å²) in [6, 6.07) is 3.73. The molecule has 2 N–H and O–H groups in total. The predicted octanol–water partition coefficient (Wildman–Crippen LogP) is 3.56. The number of ether oxygens (including phenoxy) is 1. The lowest BCUT2D eigenvalue weighted by molar-refractivity contribution is -0.140. The van der Waals surface area contributed by atoms with Crippen LogP contribution in [0.5, 0.6) is 5.75 Å². The lowest BCUT2D eigenvalue weighted by Gasteiger charge is -2.36. The molecule has 2 aliphatic heterocycles. The molecule has 2 unspecified atom stereocenters. The third-order valence-corrected chi connectivity index (χ3v) is 4.97. The van der Waals surface area contributed by atoms with Crippen LogP contribution in [0, 0.1) is 5.82 Å². The van der Waals surface area contributed by atoms with Gasteiger partial charge in [0.2, 0.25) is 0 Å². The molecule has 0 aromatic heterocycles. The molecule has 160 valence electrons. The van der Waals surface area contributed by atoms with Gasteiger partial charge in [-0.25, -0.2) is 14.0 Å². The van der Waals surface area contributed by atoms with Crippen molar-refractivity contribution in [2.45, 2.75) is 50.0 Å². The van der Waals surface area contributed by atoms with Crippen LogP contribution in [0.1, 0.15) is 31.2 Å². The number of hydrogen-bond donors (Lipinski definition) is 2. The summed E-state index contributed by atoms with van der Waals surface area (Å²) in [6.07, 6.45) is 0.165. The summed E-state index contributed by atoms with van der Waals surface area (Å²) in [7, 11) is 2.08. The standard InChI is InChI=1S/C15H17F4NO.C4H4O4/c1-20-9-2-3-10(20)7-12(6-9)21-11-4-5-14(16)13(8-11)15(17,18)19;5-3(6)1-2-4(7)8/h4-5,8-10,12H,2-3,6-7H2,1H3;1-2H,(H,5,6)(H,7,8)/b;2-1+. The van der Waals surface area contributed by atoms with Gasteiger partial charge in [-0.3, -0.25) is 0 Å². The molecular formula is C19H21F4NO5. The number of carboxylic acids is 2. The maximum Gasteiger partial charge on any atom is 0.419 e. The van der Waals surface area contributed by atoms with Gasteiger partial charge in [-0.1, -0.05) is 0 Å². The molecule has 0 saturated carbocycles. The SMILES string of the molecule is CN1C2CCC1CC(Oc1ccc(F)c(C(F)(F)F)c1)C2.O=C(O)/C=C/C(=O)O. The number of carbonyl (C=O) groups is 2. The van der Waals surface area contributed by atoms with Crippen LogP contribution in [-0.4, -0.2) is 52.3 Å². The van der Waals surface area contributed by atoms with Crippen LogP contribution in [0.15, 0.2) is 30.4 Å². The molecule has 2 bridgehead atoms. The molecular weight excluding hydrogens is 398 g/mol. The van der Waals surface area contributed by atoms with Gasteiger partial charge in [-0.15, -0.1) is 0 Å². The number of fused-ring (bicyclic) bond motifs is 2. The fourth-order valence-electron chi connectivity index (χ4n) is 3.59. The zero-order valence-corrected chi connectivity index (χ0v) is 15.5. The highest BCUT2D eigenvalue weighted by atomic mass is 19.4. The highest BCUT2D eigenvalue weighted by Gasteiger charge is 2.40. The van der Waals surface area contributed by atoms with E-state index < -0.39 is 29.5 Å². The summed E-state index contributed by atoms with van der Waals surface area (Å²) in [4.78, 5) is 21.4. The topological polar surface area (TPSA) is 87.1 Å². The highest BCUT2D eigenvalue weighted by molar-refractivity contribution is 5.89. The van der Waals surface area contributed by atoms with Crippen LogP contribution in [0.4, 0.5) is 17.6 Å². The Balaban J connectivity index is 0.000000321. The molecule has 2 heterocycles. The second-order valence-electron chi connectivity index (χ2n) is 6.91. The molecule has 29 heavy (non-hydrogen) atoms. The molecule has 0 amide bonds. The maximum atomic E-state index is 13.2. The minimum absolute atomic E-state index is 0.0924. The molecule has 1 aromatic carbocycles. The minimum atomic E-state index is -4.70. The molecule has 3 rings (SSSR count). The van der Waals surface area contributed by atoms with Crippen molar-refractivity contribution >= 4 is 11.9 Å². The minimum Gasteiger partial charge on any atom is -0.490 e. The van der Waals surface area contributed by atoms with Gasteiger partial charge in [0.1, 0.15) is 17.7 Å². The van der Waals surface area contributed by atoms with Crippen molar-refractivity contribution in [3.63, 3.8) is 0 Å². The van der Waals surface area contributed by atoms with Crippen molar-refractivity contribution < 1.29 is 42.1 Å². The lowest BCUT2D eigenvalue weighted by atomic mass is 10.0. The van der Waals surface area contributed by atoms with E-state index in [0.29, 0.717) is 24.2 Å². The Kier molecular flexibility index (Phi) is 7.23. The molecule has 0 radical (unpaired) electrons. The van der Waals surface area contributed by atoms with E-state index in [2.05, 4.69) is 11.9 Å². The first-order valence-electron chi connectivity index (χ1n) is 8.86. The summed E-state index contributed by atoms with van der Waals surface area (Å²) < 4.78 is 57.0. The Morgan fingerprint density at radius 2 is 1.62 bits per heavy atom. The quantitative estimate of drug-likeness (QED) is 0.573.